The molecule has 6 nitrogen and oxygen atoms in total. The predicted molar refractivity (Wildman–Crippen MR) is 91.7 cm³/mol. The minimum Gasteiger partial charge on any atom is -0.377 e. The molecule has 0 bridgehead atoms. The molecule has 1 saturated heterocycles. The van der Waals surface area contributed by atoms with E-state index in [-0.39, 0.29) is 29.9 Å². The second kappa shape index (κ2) is 7.21. The van der Waals surface area contributed by atoms with Crippen LogP contribution in [0.3, 0.4) is 0 Å². The topological polar surface area (TPSA) is 70.7 Å². The summed E-state index contributed by atoms with van der Waals surface area (Å²) in [6, 6.07) is 7.58. The van der Waals surface area contributed by atoms with Gasteiger partial charge in [-0.25, -0.2) is 4.79 Å². The molecule has 3 amide bonds. The molecule has 24 heavy (non-hydrogen) atoms. The minimum absolute atomic E-state index is 0.0654. The van der Waals surface area contributed by atoms with Crippen molar-refractivity contribution in [3.8, 4) is 0 Å². The van der Waals surface area contributed by atoms with Crippen molar-refractivity contribution in [3.63, 3.8) is 0 Å². The molecule has 2 fully saturated rings. The molecule has 2 N–H and O–H groups in total. The van der Waals surface area contributed by atoms with Crippen molar-refractivity contribution < 1.29 is 14.3 Å². The normalized spacial score (nSPS) is 21.9. The third-order valence-corrected chi connectivity index (χ3v) is 4.59. The molecule has 0 aromatic heterocycles. The maximum Gasteiger partial charge on any atom is 0.318 e. The maximum absolute atomic E-state index is 12.4. The van der Waals surface area contributed by atoms with Gasteiger partial charge in [0, 0.05) is 18.2 Å². The van der Waals surface area contributed by atoms with E-state index in [1.165, 1.54) is 0 Å². The Hall–Kier alpha value is -2.08. The zero-order valence-corrected chi connectivity index (χ0v) is 14.2. The summed E-state index contributed by atoms with van der Waals surface area (Å²) in [6.45, 7) is 5.73. The van der Waals surface area contributed by atoms with Gasteiger partial charge in [-0.1, -0.05) is 12.1 Å². The van der Waals surface area contributed by atoms with Crippen molar-refractivity contribution in [2.75, 3.05) is 25.1 Å². The van der Waals surface area contributed by atoms with Gasteiger partial charge in [-0.3, -0.25) is 4.79 Å². The van der Waals surface area contributed by atoms with Gasteiger partial charge in [0.2, 0.25) is 5.91 Å². The van der Waals surface area contributed by atoms with E-state index in [1.807, 2.05) is 43.0 Å². The van der Waals surface area contributed by atoms with Crippen molar-refractivity contribution in [3.05, 3.63) is 29.8 Å². The number of urea groups is 1. The van der Waals surface area contributed by atoms with Gasteiger partial charge in [-0.2, -0.15) is 0 Å². The summed E-state index contributed by atoms with van der Waals surface area (Å²) in [6.07, 6.45) is 1.99. The Balaban J connectivity index is 1.55. The largest absolute Gasteiger partial charge is 0.377 e. The van der Waals surface area contributed by atoms with Gasteiger partial charge in [-0.05, 0) is 44.4 Å². The number of carbonyl (C=O) groups excluding carboxylic acids is 2. The number of nitrogens with zero attached hydrogens (tertiary/aromatic N) is 1. The molecule has 1 aromatic carbocycles. The van der Waals surface area contributed by atoms with Crippen LogP contribution in [0.15, 0.2) is 24.3 Å². The van der Waals surface area contributed by atoms with Gasteiger partial charge in [0.15, 0.2) is 0 Å². The number of hydrogen-bond donors (Lipinski definition) is 2. The van der Waals surface area contributed by atoms with Crippen LogP contribution < -0.4 is 10.6 Å². The van der Waals surface area contributed by atoms with E-state index >= 15 is 0 Å². The predicted octanol–water partition coefficient (Wildman–Crippen LogP) is 2.53. The van der Waals surface area contributed by atoms with E-state index in [1.54, 1.807) is 0 Å². The average Bonchev–Trinajstić information content (AvgIpc) is 3.40. The summed E-state index contributed by atoms with van der Waals surface area (Å²) in [5.41, 5.74) is 1.81. The second-order valence-electron chi connectivity index (χ2n) is 6.67. The van der Waals surface area contributed by atoms with E-state index in [9.17, 15) is 9.59 Å². The summed E-state index contributed by atoms with van der Waals surface area (Å²) < 4.78 is 5.36. The number of amides is 3. The summed E-state index contributed by atoms with van der Waals surface area (Å²) in [4.78, 5) is 26.0. The standard InChI is InChI=1S/C18H25N3O3/c1-12-11-24-10-9-21(12)18(23)19-13(2)14-5-7-16(8-6-14)20-17(22)15-3-4-15/h5-8,12-13,15H,3-4,9-11H2,1-2H3,(H,19,23)(H,20,22)/t12-,13-/m0/s1. The lowest BCUT2D eigenvalue weighted by molar-refractivity contribution is -0.117. The van der Waals surface area contributed by atoms with E-state index in [0.29, 0.717) is 19.8 Å². The first-order valence-electron chi connectivity index (χ1n) is 8.60. The highest BCUT2D eigenvalue weighted by Crippen LogP contribution is 2.30. The van der Waals surface area contributed by atoms with E-state index in [2.05, 4.69) is 10.6 Å². The molecule has 6 heteroatoms. The number of rotatable bonds is 4. The highest BCUT2D eigenvalue weighted by Gasteiger charge is 2.29. The van der Waals surface area contributed by atoms with Crippen molar-refractivity contribution in [1.82, 2.24) is 10.2 Å². The Kier molecular flexibility index (Phi) is 5.04. The summed E-state index contributed by atoms with van der Waals surface area (Å²) in [7, 11) is 0. The van der Waals surface area contributed by atoms with Crippen LogP contribution in [-0.4, -0.2) is 42.6 Å². The third-order valence-electron chi connectivity index (χ3n) is 4.59. The number of nitrogens with one attached hydrogen (secondary N) is 2. The van der Waals surface area contributed by atoms with Crippen molar-refractivity contribution in [2.24, 2.45) is 5.92 Å². The first-order chi connectivity index (χ1) is 11.5. The highest BCUT2D eigenvalue weighted by atomic mass is 16.5. The van der Waals surface area contributed by atoms with Gasteiger partial charge in [-0.15, -0.1) is 0 Å². The maximum atomic E-state index is 12.4. The number of anilines is 1. The molecule has 1 aliphatic carbocycles. The molecule has 1 heterocycles. The molecule has 3 rings (SSSR count). The average molecular weight is 331 g/mol. The molecule has 1 aromatic rings. The van der Waals surface area contributed by atoms with Crippen molar-refractivity contribution in [1.29, 1.82) is 0 Å². The lowest BCUT2D eigenvalue weighted by Crippen LogP contribution is -2.51. The van der Waals surface area contributed by atoms with Crippen LogP contribution in [0.1, 0.15) is 38.3 Å². The summed E-state index contributed by atoms with van der Waals surface area (Å²) in [5.74, 6) is 0.295. The third kappa shape index (κ3) is 4.06. The van der Waals surface area contributed by atoms with Crippen LogP contribution in [-0.2, 0) is 9.53 Å². The molecular weight excluding hydrogens is 306 g/mol. The zero-order chi connectivity index (χ0) is 17.1. The van der Waals surface area contributed by atoms with Crippen LogP contribution in [0.2, 0.25) is 0 Å². The smallest absolute Gasteiger partial charge is 0.318 e. The number of ether oxygens (including phenoxy) is 1. The lowest BCUT2D eigenvalue weighted by Gasteiger charge is -2.34. The molecule has 0 spiro atoms. The Morgan fingerprint density at radius 1 is 1.25 bits per heavy atom. The Labute approximate surface area is 142 Å². The van der Waals surface area contributed by atoms with E-state index in [4.69, 9.17) is 4.74 Å². The molecule has 2 aliphatic rings. The van der Waals surface area contributed by atoms with E-state index in [0.717, 1.165) is 24.1 Å². The number of hydrogen-bond acceptors (Lipinski definition) is 3. The van der Waals surface area contributed by atoms with Crippen LogP contribution in [0, 0.1) is 5.92 Å². The van der Waals surface area contributed by atoms with Crippen LogP contribution in [0.4, 0.5) is 10.5 Å². The Morgan fingerprint density at radius 3 is 2.58 bits per heavy atom. The minimum atomic E-state index is -0.0965. The molecule has 130 valence electrons. The van der Waals surface area contributed by atoms with Crippen molar-refractivity contribution in [2.45, 2.75) is 38.8 Å². The fourth-order valence-electron chi connectivity index (χ4n) is 2.83. The summed E-state index contributed by atoms with van der Waals surface area (Å²) in [5, 5.41) is 5.95. The van der Waals surface area contributed by atoms with Gasteiger partial charge >= 0.3 is 6.03 Å². The zero-order valence-electron chi connectivity index (χ0n) is 14.2. The Morgan fingerprint density at radius 2 is 1.96 bits per heavy atom. The van der Waals surface area contributed by atoms with Crippen LogP contribution in [0.5, 0.6) is 0 Å². The number of morpholine rings is 1. The van der Waals surface area contributed by atoms with E-state index < -0.39 is 0 Å². The highest BCUT2D eigenvalue weighted by molar-refractivity contribution is 5.94. The first kappa shape index (κ1) is 16.8. The van der Waals surface area contributed by atoms with Crippen LogP contribution in [0.25, 0.3) is 0 Å². The van der Waals surface area contributed by atoms with Crippen molar-refractivity contribution >= 4 is 17.6 Å². The summed E-state index contributed by atoms with van der Waals surface area (Å²) >= 11 is 0. The quantitative estimate of drug-likeness (QED) is 0.890. The molecule has 0 radical (unpaired) electrons. The first-order valence-corrected chi connectivity index (χ1v) is 8.60. The SMILES string of the molecule is C[C@H](NC(=O)N1CCOC[C@@H]1C)c1ccc(NC(=O)C2CC2)cc1. The van der Waals surface area contributed by atoms with Gasteiger partial charge in [0.1, 0.15) is 0 Å². The fourth-order valence-corrected chi connectivity index (χ4v) is 2.83. The number of benzene rings is 1. The number of carbonyl (C=O) groups is 2. The molecular formula is C18H25N3O3. The van der Waals surface area contributed by atoms with Gasteiger partial charge < -0.3 is 20.3 Å². The molecule has 1 aliphatic heterocycles. The molecule has 0 unspecified atom stereocenters. The van der Waals surface area contributed by atoms with Crippen LogP contribution >= 0.6 is 0 Å². The second-order valence-corrected chi connectivity index (χ2v) is 6.67. The fraction of sp³-hybridized carbons (Fsp3) is 0.556. The van der Waals surface area contributed by atoms with Gasteiger partial charge in [0.05, 0.1) is 25.3 Å². The molecule has 1 saturated carbocycles. The van der Waals surface area contributed by atoms with Gasteiger partial charge in [0.25, 0.3) is 0 Å². The Bertz CT molecular complexity index is 598. The lowest BCUT2D eigenvalue weighted by atomic mass is 10.1. The molecule has 2 atom stereocenters. The monoisotopic (exact) mass is 331 g/mol.